The fraction of sp³-hybridized carbons (Fsp3) is 0.261. The highest BCUT2D eigenvalue weighted by Crippen LogP contribution is 2.44. The molecule has 2 amide bonds. The summed E-state index contributed by atoms with van der Waals surface area (Å²) in [5, 5.41) is 10.6. The van der Waals surface area contributed by atoms with E-state index in [1.807, 2.05) is 13.0 Å². The number of anilines is 1. The minimum Gasteiger partial charge on any atom is -0.493 e. The molecule has 9 heteroatoms. The first kappa shape index (κ1) is 21.7. The Morgan fingerprint density at radius 3 is 2.56 bits per heavy atom. The maximum atomic E-state index is 13.2. The Morgan fingerprint density at radius 2 is 1.91 bits per heavy atom. The van der Waals surface area contributed by atoms with Crippen LogP contribution in [0.1, 0.15) is 33.1 Å². The van der Waals surface area contributed by atoms with Gasteiger partial charge in [0, 0.05) is 24.1 Å². The van der Waals surface area contributed by atoms with Gasteiger partial charge < -0.3 is 20.1 Å². The number of methoxy groups -OCH3 is 2. The van der Waals surface area contributed by atoms with Crippen LogP contribution in [0.3, 0.4) is 0 Å². The molecule has 166 valence electrons. The first-order valence-corrected chi connectivity index (χ1v) is 10.3. The number of carbonyl (C=O) groups excluding carboxylic acids is 2. The Kier molecular flexibility index (Phi) is 5.80. The number of hydrogen-bond donors (Lipinski definition) is 2. The van der Waals surface area contributed by atoms with Gasteiger partial charge >= 0.3 is 0 Å². The standard InChI is InChI=1S/C23H23ClN4O4/c1-12-17-18(14-10-15(24)20(32-4)16(11-14)31-3)19(23(30)26-21(17)28(2)27-12)25-22(29)13-8-6-5-7-9-13/h5-11,18-19H,1-4H3,(H,25,29)(H,26,30)/t18-,19+/m1/s1. The van der Waals surface area contributed by atoms with E-state index >= 15 is 0 Å². The van der Waals surface area contributed by atoms with Crippen molar-refractivity contribution in [3.63, 3.8) is 0 Å². The minimum atomic E-state index is -0.896. The third-order valence-electron chi connectivity index (χ3n) is 5.57. The number of nitrogens with one attached hydrogen (secondary N) is 2. The Labute approximate surface area is 190 Å². The van der Waals surface area contributed by atoms with Crippen molar-refractivity contribution in [1.82, 2.24) is 15.1 Å². The summed E-state index contributed by atoms with van der Waals surface area (Å²) in [6, 6.07) is 11.3. The van der Waals surface area contributed by atoms with Crippen molar-refractivity contribution in [1.29, 1.82) is 0 Å². The van der Waals surface area contributed by atoms with E-state index in [1.165, 1.54) is 14.2 Å². The van der Waals surface area contributed by atoms with Crippen molar-refractivity contribution in [3.8, 4) is 11.5 Å². The van der Waals surface area contributed by atoms with Crippen molar-refractivity contribution in [2.45, 2.75) is 18.9 Å². The molecule has 0 bridgehead atoms. The molecular weight excluding hydrogens is 432 g/mol. The quantitative estimate of drug-likeness (QED) is 0.617. The molecule has 0 fully saturated rings. The second-order valence-electron chi connectivity index (χ2n) is 7.49. The molecule has 1 aromatic heterocycles. The number of hydrogen-bond acceptors (Lipinski definition) is 5. The van der Waals surface area contributed by atoms with Crippen LogP contribution >= 0.6 is 11.6 Å². The molecule has 2 N–H and O–H groups in total. The van der Waals surface area contributed by atoms with E-state index in [2.05, 4.69) is 15.7 Å². The van der Waals surface area contributed by atoms with E-state index in [0.29, 0.717) is 33.5 Å². The van der Waals surface area contributed by atoms with Crippen LogP contribution in [-0.2, 0) is 11.8 Å². The summed E-state index contributed by atoms with van der Waals surface area (Å²) in [5.41, 5.74) is 2.68. The lowest BCUT2D eigenvalue weighted by molar-refractivity contribution is -0.118. The van der Waals surface area contributed by atoms with E-state index in [4.69, 9.17) is 21.1 Å². The normalized spacial score (nSPS) is 17.3. The number of rotatable bonds is 5. The molecule has 0 saturated carbocycles. The molecule has 1 aliphatic rings. The molecule has 0 saturated heterocycles. The Balaban J connectivity index is 1.86. The SMILES string of the molecule is COc1cc([C@@H]2c3c(C)nn(C)c3NC(=O)[C@H]2NC(=O)c2ccccc2)cc(Cl)c1OC. The molecule has 0 spiro atoms. The van der Waals surface area contributed by atoms with Gasteiger partial charge in [-0.15, -0.1) is 0 Å². The molecule has 4 rings (SSSR count). The second-order valence-corrected chi connectivity index (χ2v) is 7.90. The highest BCUT2D eigenvalue weighted by molar-refractivity contribution is 6.32. The monoisotopic (exact) mass is 454 g/mol. The van der Waals surface area contributed by atoms with Crippen molar-refractivity contribution >= 4 is 29.2 Å². The lowest BCUT2D eigenvalue weighted by Crippen LogP contribution is -2.50. The highest BCUT2D eigenvalue weighted by atomic mass is 35.5. The number of benzene rings is 2. The number of fused-ring (bicyclic) bond motifs is 1. The van der Waals surface area contributed by atoms with Gasteiger partial charge in [-0.2, -0.15) is 5.10 Å². The van der Waals surface area contributed by atoms with Crippen molar-refractivity contribution in [3.05, 3.63) is 69.9 Å². The third kappa shape index (κ3) is 3.67. The number of halogens is 1. The Morgan fingerprint density at radius 1 is 1.19 bits per heavy atom. The van der Waals surface area contributed by atoms with Crippen LogP contribution in [0.5, 0.6) is 11.5 Å². The number of aromatic nitrogens is 2. The topological polar surface area (TPSA) is 94.5 Å². The van der Waals surface area contributed by atoms with Crippen LogP contribution in [-0.4, -0.2) is 41.9 Å². The summed E-state index contributed by atoms with van der Waals surface area (Å²) in [6.45, 7) is 1.86. The van der Waals surface area contributed by atoms with Gasteiger partial charge in [0.1, 0.15) is 11.9 Å². The van der Waals surface area contributed by atoms with E-state index in [9.17, 15) is 9.59 Å². The first-order chi connectivity index (χ1) is 15.3. The highest BCUT2D eigenvalue weighted by Gasteiger charge is 2.41. The van der Waals surface area contributed by atoms with E-state index < -0.39 is 12.0 Å². The van der Waals surface area contributed by atoms with Crippen LogP contribution in [0, 0.1) is 6.92 Å². The summed E-state index contributed by atoms with van der Waals surface area (Å²) in [4.78, 5) is 26.1. The molecule has 0 radical (unpaired) electrons. The van der Waals surface area contributed by atoms with Crippen LogP contribution < -0.4 is 20.1 Å². The van der Waals surface area contributed by atoms with Crippen LogP contribution in [0.25, 0.3) is 0 Å². The minimum absolute atomic E-state index is 0.337. The van der Waals surface area contributed by atoms with E-state index in [1.54, 1.807) is 48.1 Å². The molecule has 2 atom stereocenters. The summed E-state index contributed by atoms with van der Waals surface area (Å²) >= 11 is 6.48. The number of nitrogens with zero attached hydrogens (tertiary/aromatic N) is 2. The van der Waals surface area contributed by atoms with Gasteiger partial charge in [0.05, 0.1) is 24.9 Å². The summed E-state index contributed by atoms with van der Waals surface area (Å²) in [5.74, 6) is 0.155. The largest absolute Gasteiger partial charge is 0.493 e. The van der Waals surface area contributed by atoms with Gasteiger partial charge in [-0.3, -0.25) is 14.3 Å². The zero-order chi connectivity index (χ0) is 23.0. The predicted molar refractivity (Wildman–Crippen MR) is 121 cm³/mol. The van der Waals surface area contributed by atoms with Crippen LogP contribution in [0.2, 0.25) is 5.02 Å². The molecule has 2 heterocycles. The number of amides is 2. The van der Waals surface area contributed by atoms with E-state index in [0.717, 1.165) is 11.3 Å². The fourth-order valence-corrected chi connectivity index (χ4v) is 4.44. The zero-order valence-corrected chi connectivity index (χ0v) is 18.9. The number of ether oxygens (including phenoxy) is 2. The fourth-order valence-electron chi connectivity index (χ4n) is 4.15. The maximum absolute atomic E-state index is 13.2. The van der Waals surface area contributed by atoms with Crippen LogP contribution in [0.4, 0.5) is 5.82 Å². The average molecular weight is 455 g/mol. The lowest BCUT2D eigenvalue weighted by atomic mass is 9.81. The summed E-state index contributed by atoms with van der Waals surface area (Å²) < 4.78 is 12.4. The van der Waals surface area contributed by atoms with Crippen molar-refractivity contribution < 1.29 is 19.1 Å². The maximum Gasteiger partial charge on any atom is 0.251 e. The molecule has 0 unspecified atom stereocenters. The lowest BCUT2D eigenvalue weighted by Gasteiger charge is -2.33. The second kappa shape index (κ2) is 8.55. The predicted octanol–water partition coefficient (Wildman–Crippen LogP) is 3.28. The molecule has 8 nitrogen and oxygen atoms in total. The Hall–Kier alpha value is -3.52. The van der Waals surface area contributed by atoms with E-state index in [-0.39, 0.29) is 11.8 Å². The number of carbonyl (C=O) groups is 2. The van der Waals surface area contributed by atoms with Gasteiger partial charge in [0.15, 0.2) is 11.5 Å². The van der Waals surface area contributed by atoms with Gasteiger partial charge in [-0.25, -0.2) is 0 Å². The number of aryl methyl sites for hydroxylation is 2. The third-order valence-corrected chi connectivity index (χ3v) is 5.86. The van der Waals surface area contributed by atoms with Crippen LogP contribution in [0.15, 0.2) is 42.5 Å². The molecule has 32 heavy (non-hydrogen) atoms. The van der Waals surface area contributed by atoms with Gasteiger partial charge in [-0.05, 0) is 36.8 Å². The smallest absolute Gasteiger partial charge is 0.251 e. The average Bonchev–Trinajstić information content (AvgIpc) is 3.06. The molecule has 1 aliphatic heterocycles. The first-order valence-electron chi connectivity index (χ1n) is 9.97. The van der Waals surface area contributed by atoms with Gasteiger partial charge in [0.25, 0.3) is 5.91 Å². The van der Waals surface area contributed by atoms with Crippen molar-refractivity contribution in [2.75, 3.05) is 19.5 Å². The van der Waals surface area contributed by atoms with Crippen molar-refractivity contribution in [2.24, 2.45) is 7.05 Å². The molecule has 0 aliphatic carbocycles. The molecule has 3 aromatic rings. The summed E-state index contributed by atoms with van der Waals surface area (Å²) in [7, 11) is 4.78. The van der Waals surface area contributed by atoms with Gasteiger partial charge in [0.2, 0.25) is 5.91 Å². The summed E-state index contributed by atoms with van der Waals surface area (Å²) in [6.07, 6.45) is 0. The zero-order valence-electron chi connectivity index (χ0n) is 18.1. The molecule has 2 aromatic carbocycles. The molecular formula is C23H23ClN4O4. The van der Waals surface area contributed by atoms with Gasteiger partial charge in [-0.1, -0.05) is 29.8 Å². The Bertz CT molecular complexity index is 1190.